The van der Waals surface area contributed by atoms with Gasteiger partial charge < -0.3 is 45.9 Å². The van der Waals surface area contributed by atoms with Gasteiger partial charge in [0.1, 0.15) is 17.6 Å². The molecule has 6 atom stereocenters. The molecular weight excluding hydrogens is 568 g/mol. The molecule has 0 spiro atoms. The SMILES string of the molecule is CO[C@@H]1/C=C\C=C(\C)C(=O)Nc2cc(O)c(NCCN3CC3)c(c2O)C[C@@H](C)C[C@@H](OC)[C@@H](O)[C@@H](C)/C=C(/C)[C@H]1OC(N)=O. The summed E-state index contributed by atoms with van der Waals surface area (Å²) in [5.41, 5.74) is 7.22. The number of carbonyl (C=O) groups excluding carboxylic acids is 2. The molecule has 2 heterocycles. The number of anilines is 2. The van der Waals surface area contributed by atoms with E-state index in [4.69, 9.17) is 19.9 Å². The Hall–Kier alpha value is -3.58. The summed E-state index contributed by atoms with van der Waals surface area (Å²) in [6.45, 7) is 10.6. The highest BCUT2D eigenvalue weighted by atomic mass is 16.6. The number of allylic oxidation sites excluding steroid dienone is 2. The average molecular weight is 617 g/mol. The molecule has 1 saturated heterocycles. The van der Waals surface area contributed by atoms with E-state index in [-0.39, 0.29) is 23.1 Å². The van der Waals surface area contributed by atoms with Gasteiger partial charge in [0.15, 0.2) is 6.10 Å². The molecule has 2 aliphatic rings. The number of primary amides is 1. The van der Waals surface area contributed by atoms with E-state index in [0.29, 0.717) is 41.8 Å². The Morgan fingerprint density at radius 1 is 1.18 bits per heavy atom. The molecule has 3 rings (SSSR count). The minimum Gasteiger partial charge on any atom is -0.506 e. The van der Waals surface area contributed by atoms with Crippen LogP contribution in [0, 0.1) is 11.8 Å². The van der Waals surface area contributed by atoms with E-state index < -0.39 is 42.3 Å². The molecule has 1 aromatic rings. The summed E-state index contributed by atoms with van der Waals surface area (Å²) in [5.74, 6) is -1.26. The Morgan fingerprint density at radius 2 is 1.89 bits per heavy atom. The zero-order valence-electron chi connectivity index (χ0n) is 26.5. The van der Waals surface area contributed by atoms with E-state index in [0.717, 1.165) is 19.6 Å². The molecule has 1 aromatic carbocycles. The number of rotatable bonds is 7. The Morgan fingerprint density at radius 3 is 2.50 bits per heavy atom. The van der Waals surface area contributed by atoms with Crippen LogP contribution in [0.3, 0.4) is 0 Å². The number of hydrogen-bond donors (Lipinski definition) is 6. The van der Waals surface area contributed by atoms with Gasteiger partial charge in [0.05, 0.1) is 23.6 Å². The standard InChI is InChI=1S/C32H48N4O8/c1-18-14-22-27(34-10-11-36-12-13-36)24(37)17-23(29(22)39)35-31(40)19(2)8-7-9-25(42-5)30(44-32(33)41)21(4)16-20(3)28(38)26(15-18)43-6/h7-9,16-18,20,25-26,28,30,34,37-39H,10-15H2,1-6H3,(H2,33,41)(H,35,40)/b9-7-,19-8-,21-16-/t18-,20+,25-,26-,28+,30-/m1/s1. The number of benzene rings is 1. The molecule has 1 fully saturated rings. The maximum Gasteiger partial charge on any atom is 0.405 e. The number of nitrogens with zero attached hydrogens (tertiary/aromatic N) is 1. The van der Waals surface area contributed by atoms with Gasteiger partial charge in [-0.05, 0) is 38.2 Å². The highest BCUT2D eigenvalue weighted by Crippen LogP contribution is 2.42. The van der Waals surface area contributed by atoms with E-state index in [9.17, 15) is 24.9 Å². The smallest absolute Gasteiger partial charge is 0.405 e. The number of nitrogens with one attached hydrogen (secondary N) is 2. The van der Waals surface area contributed by atoms with Crippen molar-refractivity contribution in [2.75, 3.05) is 51.0 Å². The summed E-state index contributed by atoms with van der Waals surface area (Å²) in [6, 6.07) is 1.33. The van der Waals surface area contributed by atoms with Gasteiger partial charge in [-0.15, -0.1) is 0 Å². The van der Waals surface area contributed by atoms with Crippen LogP contribution >= 0.6 is 0 Å². The fraction of sp³-hybridized carbons (Fsp3) is 0.562. The maximum atomic E-state index is 13.1. The Labute approximate surface area is 259 Å². The Kier molecular flexibility index (Phi) is 12.6. The first-order chi connectivity index (χ1) is 20.9. The summed E-state index contributed by atoms with van der Waals surface area (Å²) in [6.07, 6.45) is 3.18. The number of aliphatic hydroxyl groups excluding tert-OH is 1. The fourth-order valence-electron chi connectivity index (χ4n) is 5.44. The zero-order valence-corrected chi connectivity index (χ0v) is 26.5. The molecule has 2 amide bonds. The van der Waals surface area contributed by atoms with E-state index in [2.05, 4.69) is 15.5 Å². The lowest BCUT2D eigenvalue weighted by Gasteiger charge is -2.29. The van der Waals surface area contributed by atoms with Gasteiger partial charge in [-0.1, -0.05) is 38.2 Å². The van der Waals surface area contributed by atoms with E-state index in [1.165, 1.54) is 20.3 Å². The molecule has 12 heteroatoms. The van der Waals surface area contributed by atoms with Gasteiger partial charge in [-0.2, -0.15) is 0 Å². The minimum absolute atomic E-state index is 0.0716. The van der Waals surface area contributed by atoms with Gasteiger partial charge in [0.25, 0.3) is 5.91 Å². The second kappa shape index (κ2) is 15.9. The Balaban J connectivity index is 2.06. The number of carbonyl (C=O) groups is 2. The molecule has 7 N–H and O–H groups in total. The van der Waals surface area contributed by atoms with Crippen LogP contribution in [0.15, 0.2) is 41.5 Å². The lowest BCUT2D eigenvalue weighted by Crippen LogP contribution is -2.37. The molecule has 0 aliphatic carbocycles. The second-order valence-electron chi connectivity index (χ2n) is 11.7. The predicted molar refractivity (Wildman–Crippen MR) is 169 cm³/mol. The number of ether oxygens (including phenoxy) is 3. The van der Waals surface area contributed by atoms with Crippen molar-refractivity contribution in [1.29, 1.82) is 0 Å². The van der Waals surface area contributed by atoms with Gasteiger partial charge in [-0.3, -0.25) is 9.69 Å². The molecule has 0 radical (unpaired) electrons. The number of aromatic hydroxyl groups is 2. The predicted octanol–water partition coefficient (Wildman–Crippen LogP) is 3.29. The van der Waals surface area contributed by atoms with Crippen molar-refractivity contribution < 1.29 is 39.1 Å². The molecule has 12 nitrogen and oxygen atoms in total. The van der Waals surface area contributed by atoms with Crippen molar-refractivity contribution in [1.82, 2.24) is 4.90 Å². The highest BCUT2D eigenvalue weighted by molar-refractivity contribution is 6.04. The molecule has 0 aromatic heterocycles. The average Bonchev–Trinajstić information content (AvgIpc) is 3.80. The lowest BCUT2D eigenvalue weighted by molar-refractivity contribution is -0.112. The van der Waals surface area contributed by atoms with Crippen LogP contribution in [-0.2, 0) is 25.4 Å². The number of phenolic OH excluding ortho intramolecular Hbond substituents is 2. The van der Waals surface area contributed by atoms with E-state index in [1.807, 2.05) is 13.8 Å². The molecule has 244 valence electrons. The first kappa shape index (κ1) is 34.9. The largest absolute Gasteiger partial charge is 0.506 e. The third kappa shape index (κ3) is 9.46. The van der Waals surface area contributed by atoms with Crippen molar-refractivity contribution >= 4 is 23.4 Å². The number of amides is 2. The Bertz CT molecular complexity index is 1260. The second-order valence-corrected chi connectivity index (χ2v) is 11.7. The normalized spacial score (nSPS) is 30.3. The van der Waals surface area contributed by atoms with Crippen molar-refractivity contribution in [2.45, 2.75) is 65.0 Å². The van der Waals surface area contributed by atoms with Crippen LogP contribution in [0.2, 0.25) is 0 Å². The monoisotopic (exact) mass is 616 g/mol. The number of nitrogens with two attached hydrogens (primary N) is 1. The summed E-state index contributed by atoms with van der Waals surface area (Å²) in [7, 11) is 2.98. The van der Waals surface area contributed by atoms with Crippen LogP contribution < -0.4 is 16.4 Å². The lowest BCUT2D eigenvalue weighted by atomic mass is 9.87. The summed E-state index contributed by atoms with van der Waals surface area (Å²) in [5, 5.41) is 39.7. The van der Waals surface area contributed by atoms with Gasteiger partial charge in [0, 0.05) is 63.5 Å². The minimum atomic E-state index is -0.983. The van der Waals surface area contributed by atoms with Crippen LogP contribution in [0.25, 0.3) is 0 Å². The molecule has 0 unspecified atom stereocenters. The quantitative estimate of drug-likeness (QED) is 0.115. The van der Waals surface area contributed by atoms with Gasteiger partial charge in [-0.25, -0.2) is 4.79 Å². The van der Waals surface area contributed by atoms with Crippen molar-refractivity contribution in [3.05, 3.63) is 47.1 Å². The van der Waals surface area contributed by atoms with E-state index in [1.54, 1.807) is 38.2 Å². The summed E-state index contributed by atoms with van der Waals surface area (Å²) in [4.78, 5) is 27.1. The molecule has 0 saturated carbocycles. The summed E-state index contributed by atoms with van der Waals surface area (Å²) < 4.78 is 16.7. The zero-order chi connectivity index (χ0) is 32.6. The number of fused-ring (bicyclic) bond motifs is 2. The number of aliphatic hydroxyl groups is 1. The third-order valence-electron chi connectivity index (χ3n) is 8.10. The highest BCUT2D eigenvalue weighted by Gasteiger charge is 2.30. The topological polar surface area (TPSA) is 176 Å². The van der Waals surface area contributed by atoms with Crippen LogP contribution in [0.4, 0.5) is 16.2 Å². The number of phenols is 2. The van der Waals surface area contributed by atoms with Crippen LogP contribution in [0.1, 0.15) is 39.7 Å². The first-order valence-corrected chi connectivity index (χ1v) is 14.9. The number of methoxy groups -OCH3 is 2. The summed E-state index contributed by atoms with van der Waals surface area (Å²) >= 11 is 0. The van der Waals surface area contributed by atoms with Crippen LogP contribution in [-0.4, -0.2) is 97.0 Å². The molecule has 2 bridgehead atoms. The number of hydrogen-bond acceptors (Lipinski definition) is 10. The van der Waals surface area contributed by atoms with Crippen molar-refractivity contribution in [3.63, 3.8) is 0 Å². The van der Waals surface area contributed by atoms with E-state index >= 15 is 0 Å². The van der Waals surface area contributed by atoms with Gasteiger partial charge in [0.2, 0.25) is 0 Å². The fourth-order valence-corrected chi connectivity index (χ4v) is 5.44. The molecule has 2 aliphatic heterocycles. The van der Waals surface area contributed by atoms with Crippen LogP contribution in [0.5, 0.6) is 11.5 Å². The van der Waals surface area contributed by atoms with Crippen molar-refractivity contribution in [3.8, 4) is 11.5 Å². The molecular formula is C32H48N4O8. The van der Waals surface area contributed by atoms with Crippen molar-refractivity contribution in [2.24, 2.45) is 17.6 Å². The molecule has 44 heavy (non-hydrogen) atoms. The van der Waals surface area contributed by atoms with Gasteiger partial charge >= 0.3 is 6.09 Å². The third-order valence-corrected chi connectivity index (χ3v) is 8.10. The maximum absolute atomic E-state index is 13.1. The first-order valence-electron chi connectivity index (χ1n) is 14.9.